The van der Waals surface area contributed by atoms with E-state index in [2.05, 4.69) is 19.6 Å². The number of halogens is 4. The molecule has 0 spiro atoms. The minimum absolute atomic E-state index is 0. The van der Waals surface area contributed by atoms with Crippen molar-refractivity contribution in [1.82, 2.24) is 19.5 Å². The largest absolute Gasteiger partial charge is 1.00 e. The van der Waals surface area contributed by atoms with Crippen molar-refractivity contribution < 1.29 is 96.0 Å². The predicted octanol–water partition coefficient (Wildman–Crippen LogP) is -3.26. The Kier molecular flexibility index (Phi) is 8.62. The molecule has 4 rings (SSSR count). The maximum Gasteiger partial charge on any atom is 1.00 e. The third kappa shape index (κ3) is 5.39. The Morgan fingerprint density at radius 1 is 1.22 bits per heavy atom. The second-order valence-corrected chi connectivity index (χ2v) is 8.47. The van der Waals surface area contributed by atoms with Gasteiger partial charge in [0.05, 0.1) is 11.1 Å². The first-order valence-corrected chi connectivity index (χ1v) is 10.5. The van der Waals surface area contributed by atoms with E-state index in [0.717, 1.165) is 17.5 Å². The van der Waals surface area contributed by atoms with Crippen LogP contribution in [-0.4, -0.2) is 25.2 Å². The Hall–Kier alpha value is -0.570. The Morgan fingerprint density at radius 3 is 2.50 bits per heavy atom. The van der Waals surface area contributed by atoms with Gasteiger partial charge in [-0.05, 0) is 18.2 Å². The van der Waals surface area contributed by atoms with Crippen molar-refractivity contribution >= 4 is 47.4 Å². The van der Waals surface area contributed by atoms with Crippen LogP contribution in [0.2, 0.25) is 5.02 Å². The monoisotopic (exact) mass is 522 g/mol. The number of carbonyl (C=O) groups excluding carboxylic acids is 1. The van der Waals surface area contributed by atoms with Gasteiger partial charge in [0.15, 0.2) is 5.01 Å². The van der Waals surface area contributed by atoms with E-state index >= 15 is 0 Å². The van der Waals surface area contributed by atoms with Gasteiger partial charge in [-0.15, -0.1) is 11.3 Å². The average Bonchev–Trinajstić information content (AvgIpc) is 3.36. The third-order valence-corrected chi connectivity index (χ3v) is 5.79. The molecule has 0 atom stereocenters. The number of hydrogen-bond donors (Lipinski definition) is 0. The smallest absolute Gasteiger partial charge is 0.795 e. The molecule has 156 valence electrons. The first-order chi connectivity index (χ1) is 13.9. The summed E-state index contributed by atoms with van der Waals surface area (Å²) in [6, 6.07) is 3.92. The molecule has 0 fully saturated rings. The maximum absolute atomic E-state index is 12.9. The molecular weight excluding hydrogens is 518 g/mol. The van der Waals surface area contributed by atoms with Crippen LogP contribution in [0.5, 0.6) is 0 Å². The van der Waals surface area contributed by atoms with Crippen molar-refractivity contribution in [2.75, 3.05) is 0 Å². The molecular formula is C15H5ClF3N4Na2O5PS. The molecule has 4 aromatic rings. The van der Waals surface area contributed by atoms with E-state index in [0.29, 0.717) is 4.34 Å². The Labute approximate surface area is 229 Å². The van der Waals surface area contributed by atoms with Crippen LogP contribution in [0.15, 0.2) is 34.3 Å². The van der Waals surface area contributed by atoms with Crippen LogP contribution >= 0.6 is 30.7 Å². The summed E-state index contributed by atoms with van der Waals surface area (Å²) in [5.41, 5.74) is -0.382. The summed E-state index contributed by atoms with van der Waals surface area (Å²) in [6.45, 7) is 0. The fourth-order valence-corrected chi connectivity index (χ4v) is 4.22. The van der Waals surface area contributed by atoms with Crippen LogP contribution in [-0.2, 0) is 10.7 Å². The molecule has 32 heavy (non-hydrogen) atoms. The second-order valence-electron chi connectivity index (χ2n) is 5.81. The number of aromatic nitrogens is 4. The minimum atomic E-state index is -5.28. The molecule has 9 nitrogen and oxygen atoms in total. The zero-order valence-corrected chi connectivity index (χ0v) is 22.6. The second kappa shape index (κ2) is 9.96. The molecule has 3 aromatic heterocycles. The Balaban J connectivity index is 0.00000181. The molecule has 0 amide bonds. The standard InChI is InChI=1S/C15H7ClF3N4O5PS.2Na/c16-6-1-2-10-7(3-6)8(4-23(10)29(25,26)27)11(24)13-20-9(5-30-13)12-21-14(28-22-12)15(17,18)19;;/h1-5H,(H2,25,26,27);;/q;2*+1/p-2. The van der Waals surface area contributed by atoms with E-state index in [1.807, 2.05) is 0 Å². The summed E-state index contributed by atoms with van der Waals surface area (Å²) in [5, 5.41) is 4.49. The molecule has 0 aliphatic heterocycles. The van der Waals surface area contributed by atoms with Crippen LogP contribution < -0.4 is 68.9 Å². The molecule has 0 aliphatic carbocycles. The van der Waals surface area contributed by atoms with Crippen LogP contribution in [0.4, 0.5) is 13.2 Å². The number of hydrogen-bond acceptors (Lipinski definition) is 9. The zero-order chi connectivity index (χ0) is 21.8. The number of nitrogens with zero attached hydrogens (tertiary/aromatic N) is 4. The van der Waals surface area contributed by atoms with Crippen molar-refractivity contribution in [3.05, 3.63) is 51.3 Å². The van der Waals surface area contributed by atoms with Crippen LogP contribution in [0, 0.1) is 0 Å². The summed E-state index contributed by atoms with van der Waals surface area (Å²) in [7, 11) is -5.28. The van der Waals surface area contributed by atoms with Crippen LogP contribution in [0.25, 0.3) is 22.4 Å². The molecule has 0 radical (unpaired) electrons. The zero-order valence-electron chi connectivity index (χ0n) is 16.1. The van der Waals surface area contributed by atoms with Gasteiger partial charge in [-0.3, -0.25) is 4.79 Å². The number of carbonyl (C=O) groups is 1. The Morgan fingerprint density at radius 2 is 1.91 bits per heavy atom. The van der Waals surface area contributed by atoms with E-state index in [9.17, 15) is 32.3 Å². The van der Waals surface area contributed by atoms with Crippen molar-refractivity contribution in [3.8, 4) is 11.5 Å². The van der Waals surface area contributed by atoms with E-state index in [4.69, 9.17) is 11.6 Å². The number of rotatable bonds is 4. The average molecular weight is 523 g/mol. The summed E-state index contributed by atoms with van der Waals surface area (Å²) < 4.78 is 53.9. The summed E-state index contributed by atoms with van der Waals surface area (Å²) in [5.74, 6) is -2.82. The van der Waals surface area contributed by atoms with Gasteiger partial charge in [-0.25, -0.2) is 4.98 Å². The molecule has 0 saturated carbocycles. The molecule has 0 N–H and O–H groups in total. The fourth-order valence-electron chi connectivity index (χ4n) is 2.61. The van der Waals surface area contributed by atoms with E-state index in [1.54, 1.807) is 0 Å². The van der Waals surface area contributed by atoms with E-state index in [1.165, 1.54) is 23.6 Å². The number of fused-ring (bicyclic) bond motifs is 1. The topological polar surface area (TPSA) is 137 Å². The first-order valence-electron chi connectivity index (χ1n) is 7.70. The molecule has 0 aliphatic rings. The van der Waals surface area contributed by atoms with Gasteiger partial charge in [0.1, 0.15) is 5.69 Å². The summed E-state index contributed by atoms with van der Waals surface area (Å²) in [4.78, 5) is 43.0. The third-order valence-electron chi connectivity index (χ3n) is 3.85. The van der Waals surface area contributed by atoms with Crippen molar-refractivity contribution in [2.24, 2.45) is 0 Å². The van der Waals surface area contributed by atoms with E-state index in [-0.39, 0.29) is 91.3 Å². The van der Waals surface area contributed by atoms with Crippen molar-refractivity contribution in [1.29, 1.82) is 0 Å². The van der Waals surface area contributed by atoms with Crippen LogP contribution in [0.1, 0.15) is 21.3 Å². The summed E-state index contributed by atoms with van der Waals surface area (Å²) in [6.07, 6.45) is -3.99. The number of benzene rings is 1. The van der Waals surface area contributed by atoms with Crippen molar-refractivity contribution in [2.45, 2.75) is 6.18 Å². The molecule has 0 unspecified atom stereocenters. The summed E-state index contributed by atoms with van der Waals surface area (Å²) >= 11 is 6.67. The van der Waals surface area contributed by atoms with E-state index < -0.39 is 31.4 Å². The van der Waals surface area contributed by atoms with Crippen molar-refractivity contribution in [3.63, 3.8) is 0 Å². The molecule has 0 bridgehead atoms. The minimum Gasteiger partial charge on any atom is -0.795 e. The number of thiazole rings is 1. The van der Waals surface area contributed by atoms with Gasteiger partial charge in [-0.2, -0.15) is 18.2 Å². The molecule has 0 saturated heterocycles. The predicted molar refractivity (Wildman–Crippen MR) is 93.8 cm³/mol. The molecule has 1 aromatic carbocycles. The van der Waals surface area contributed by atoms with Gasteiger partial charge in [-0.1, -0.05) is 16.8 Å². The SMILES string of the molecule is O=C(c1nc(-c2noc(C(F)(F)F)n2)cs1)c1cn(P(=O)([O-])[O-])c2ccc(Cl)cc12.[Na+].[Na+]. The van der Waals surface area contributed by atoms with Gasteiger partial charge in [0.25, 0.3) is 0 Å². The number of ketones is 1. The maximum atomic E-state index is 12.9. The molecule has 3 heterocycles. The molecule has 17 heteroatoms. The quantitative estimate of drug-likeness (QED) is 0.155. The van der Waals surface area contributed by atoms with Gasteiger partial charge >= 0.3 is 71.2 Å². The van der Waals surface area contributed by atoms with Gasteiger partial charge in [0, 0.05) is 29.7 Å². The van der Waals surface area contributed by atoms with Gasteiger partial charge in [0.2, 0.25) is 11.6 Å². The Bertz CT molecular complexity index is 1350. The van der Waals surface area contributed by atoms with Gasteiger partial charge < -0.3 is 23.2 Å². The van der Waals surface area contributed by atoms with Crippen LogP contribution in [0.3, 0.4) is 0 Å². The fraction of sp³-hybridized carbons (Fsp3) is 0.0667. The normalized spacial score (nSPS) is 11.8. The number of alkyl halides is 3. The first kappa shape index (κ1) is 27.7.